The molecule has 1 aromatic carbocycles. The lowest BCUT2D eigenvalue weighted by atomic mass is 10.2. The van der Waals surface area contributed by atoms with Gasteiger partial charge in [0.25, 0.3) is 5.69 Å². The van der Waals surface area contributed by atoms with E-state index in [4.69, 9.17) is 21.8 Å². The Morgan fingerprint density at radius 3 is 2.76 bits per heavy atom. The third kappa shape index (κ3) is 2.86. The van der Waals surface area contributed by atoms with Crippen LogP contribution in [-0.2, 0) is 6.42 Å². The van der Waals surface area contributed by atoms with Crippen molar-refractivity contribution in [3.8, 4) is 5.69 Å². The molecule has 0 amide bonds. The number of aromatic nitrogens is 2. The molecule has 110 valence electrons. The van der Waals surface area contributed by atoms with E-state index in [2.05, 4.69) is 5.10 Å². The number of hydrogen-bond acceptors (Lipinski definition) is 5. The van der Waals surface area contributed by atoms with Gasteiger partial charge in [0.15, 0.2) is 11.4 Å². The van der Waals surface area contributed by atoms with Gasteiger partial charge >= 0.3 is 5.97 Å². The quantitative estimate of drug-likeness (QED) is 0.640. The number of nitro groups is 1. The Hall–Kier alpha value is -2.45. The number of carboxylic acid groups (broad SMARTS) is 1. The van der Waals surface area contributed by atoms with Gasteiger partial charge in [0.2, 0.25) is 0 Å². The third-order valence-corrected chi connectivity index (χ3v) is 3.07. The molecule has 0 fully saturated rings. The van der Waals surface area contributed by atoms with Gasteiger partial charge in [-0.05, 0) is 12.5 Å². The van der Waals surface area contributed by atoms with E-state index < -0.39 is 10.9 Å². The highest BCUT2D eigenvalue weighted by atomic mass is 35.5. The van der Waals surface area contributed by atoms with Crippen LogP contribution in [0, 0.1) is 10.1 Å². The van der Waals surface area contributed by atoms with Crippen LogP contribution in [-0.4, -0.2) is 37.5 Å². The molecule has 0 aliphatic rings. The molecule has 2 aromatic rings. The molecule has 0 spiro atoms. The summed E-state index contributed by atoms with van der Waals surface area (Å²) in [6.45, 7) is -0.267. The monoisotopic (exact) mass is 311 g/mol. The molecule has 1 aromatic heterocycles. The Labute approximate surface area is 123 Å². The van der Waals surface area contributed by atoms with Crippen molar-refractivity contribution in [2.45, 2.75) is 6.42 Å². The maximum Gasteiger partial charge on any atom is 0.356 e. The average Bonchev–Trinajstić information content (AvgIpc) is 2.82. The zero-order chi connectivity index (χ0) is 15.6. The lowest BCUT2D eigenvalue weighted by Crippen LogP contribution is -2.05. The third-order valence-electron chi connectivity index (χ3n) is 2.77. The van der Waals surface area contributed by atoms with Crippen LogP contribution < -0.4 is 0 Å². The van der Waals surface area contributed by atoms with E-state index in [-0.39, 0.29) is 40.7 Å². The fourth-order valence-electron chi connectivity index (χ4n) is 1.89. The summed E-state index contributed by atoms with van der Waals surface area (Å²) in [5.74, 6) is -1.29. The van der Waals surface area contributed by atoms with Gasteiger partial charge in [0.05, 0.1) is 9.95 Å². The number of nitrogens with zero attached hydrogens (tertiary/aromatic N) is 3. The van der Waals surface area contributed by atoms with Gasteiger partial charge < -0.3 is 10.2 Å². The minimum Gasteiger partial charge on any atom is -0.476 e. The summed E-state index contributed by atoms with van der Waals surface area (Å²) < 4.78 is 1.05. The van der Waals surface area contributed by atoms with Crippen LogP contribution in [0.4, 0.5) is 5.69 Å². The first-order chi connectivity index (χ1) is 9.95. The van der Waals surface area contributed by atoms with Gasteiger partial charge in [0.1, 0.15) is 0 Å². The van der Waals surface area contributed by atoms with Crippen molar-refractivity contribution in [3.63, 3.8) is 0 Å². The Bertz CT molecular complexity index is 713. The van der Waals surface area contributed by atoms with Crippen LogP contribution in [0.15, 0.2) is 24.4 Å². The van der Waals surface area contributed by atoms with Crippen LogP contribution >= 0.6 is 11.6 Å². The Kier molecular flexibility index (Phi) is 4.20. The summed E-state index contributed by atoms with van der Waals surface area (Å²) in [4.78, 5) is 21.5. The number of hydrogen-bond donors (Lipinski definition) is 2. The number of para-hydroxylation sites is 1. The van der Waals surface area contributed by atoms with Crippen LogP contribution in [0.25, 0.3) is 5.69 Å². The molecule has 8 nitrogen and oxygen atoms in total. The summed E-state index contributed by atoms with van der Waals surface area (Å²) >= 11 is 5.96. The molecule has 0 aliphatic heterocycles. The summed E-state index contributed by atoms with van der Waals surface area (Å²) in [7, 11) is 0. The van der Waals surface area contributed by atoms with Gasteiger partial charge in [-0.15, -0.1) is 0 Å². The molecule has 0 unspecified atom stereocenters. The maximum absolute atomic E-state index is 11.1. The van der Waals surface area contributed by atoms with Crippen molar-refractivity contribution in [2.75, 3.05) is 6.61 Å². The molecular weight excluding hydrogens is 302 g/mol. The Morgan fingerprint density at radius 1 is 1.48 bits per heavy atom. The maximum atomic E-state index is 11.1. The van der Waals surface area contributed by atoms with E-state index >= 15 is 0 Å². The number of nitro benzene ring substituents is 1. The standard InChI is InChI=1S/C12H10ClN3O5/c13-8-2-1-3-9(16(20)21)11(8)15-6-7(4-5-17)10(14-15)12(18)19/h1-3,6,17H,4-5H2,(H,18,19). The molecule has 0 saturated heterocycles. The molecule has 1 heterocycles. The molecular formula is C12H10ClN3O5. The Morgan fingerprint density at radius 2 is 2.19 bits per heavy atom. The van der Waals surface area contributed by atoms with Gasteiger partial charge in [-0.25, -0.2) is 9.48 Å². The average molecular weight is 312 g/mol. The summed E-state index contributed by atoms with van der Waals surface area (Å²) in [5, 5.41) is 33.0. The van der Waals surface area contributed by atoms with Crippen LogP contribution in [0.3, 0.4) is 0 Å². The first kappa shape index (κ1) is 14.9. The second-order valence-corrected chi connectivity index (χ2v) is 4.50. The second kappa shape index (κ2) is 5.90. The minimum atomic E-state index is -1.29. The van der Waals surface area contributed by atoms with Gasteiger partial charge in [-0.3, -0.25) is 10.1 Å². The summed E-state index contributed by atoms with van der Waals surface area (Å²) in [6.07, 6.45) is 1.38. The lowest BCUT2D eigenvalue weighted by Gasteiger charge is -2.04. The van der Waals surface area contributed by atoms with Crippen molar-refractivity contribution < 1.29 is 19.9 Å². The fraction of sp³-hybridized carbons (Fsp3) is 0.167. The number of aromatic carboxylic acids is 1. The van der Waals surface area contributed by atoms with E-state index in [1.807, 2.05) is 0 Å². The van der Waals surface area contributed by atoms with Crippen molar-refractivity contribution in [2.24, 2.45) is 0 Å². The highest BCUT2D eigenvalue weighted by molar-refractivity contribution is 6.32. The first-order valence-corrected chi connectivity index (χ1v) is 6.19. The minimum absolute atomic E-state index is 0.0177. The number of aliphatic hydroxyl groups is 1. The van der Waals surface area contributed by atoms with E-state index in [0.29, 0.717) is 0 Å². The van der Waals surface area contributed by atoms with Crippen LogP contribution in [0.1, 0.15) is 16.1 Å². The van der Waals surface area contributed by atoms with Crippen molar-refractivity contribution >= 4 is 23.3 Å². The van der Waals surface area contributed by atoms with Crippen molar-refractivity contribution in [3.05, 3.63) is 50.8 Å². The highest BCUT2D eigenvalue weighted by Gasteiger charge is 2.23. The van der Waals surface area contributed by atoms with Gasteiger partial charge in [0, 0.05) is 24.4 Å². The van der Waals surface area contributed by atoms with Crippen molar-refractivity contribution in [1.82, 2.24) is 9.78 Å². The molecule has 0 bridgehead atoms. The van der Waals surface area contributed by atoms with E-state index in [9.17, 15) is 14.9 Å². The molecule has 2 rings (SSSR count). The van der Waals surface area contributed by atoms with E-state index in [0.717, 1.165) is 4.68 Å². The lowest BCUT2D eigenvalue weighted by molar-refractivity contribution is -0.384. The number of benzene rings is 1. The van der Waals surface area contributed by atoms with Crippen LogP contribution in [0.2, 0.25) is 5.02 Å². The molecule has 0 atom stereocenters. The molecule has 0 saturated carbocycles. The summed E-state index contributed by atoms with van der Waals surface area (Å²) in [5.41, 5.74) is -0.328. The predicted octanol–water partition coefficient (Wildman–Crippen LogP) is 1.67. The molecule has 21 heavy (non-hydrogen) atoms. The number of rotatable bonds is 5. The number of halogens is 1. The molecule has 0 radical (unpaired) electrons. The molecule has 0 aliphatic carbocycles. The predicted molar refractivity (Wildman–Crippen MR) is 73.0 cm³/mol. The number of carboxylic acids is 1. The zero-order valence-electron chi connectivity index (χ0n) is 10.6. The molecule has 2 N–H and O–H groups in total. The second-order valence-electron chi connectivity index (χ2n) is 4.09. The Balaban J connectivity index is 2.65. The van der Waals surface area contributed by atoms with Gasteiger partial charge in [-0.2, -0.15) is 5.10 Å². The molecule has 9 heteroatoms. The SMILES string of the molecule is O=C(O)c1nn(-c2c(Cl)cccc2[N+](=O)[O-])cc1CCO. The van der Waals surface area contributed by atoms with E-state index in [1.54, 1.807) is 0 Å². The van der Waals surface area contributed by atoms with E-state index in [1.165, 1.54) is 24.4 Å². The largest absolute Gasteiger partial charge is 0.476 e. The van der Waals surface area contributed by atoms with Crippen LogP contribution in [0.5, 0.6) is 0 Å². The zero-order valence-corrected chi connectivity index (χ0v) is 11.3. The number of carbonyl (C=O) groups is 1. The normalized spacial score (nSPS) is 10.6. The first-order valence-electron chi connectivity index (χ1n) is 5.81. The number of aliphatic hydroxyl groups excluding tert-OH is 1. The van der Waals surface area contributed by atoms with Gasteiger partial charge in [-0.1, -0.05) is 17.7 Å². The summed E-state index contributed by atoms with van der Waals surface area (Å²) in [6, 6.07) is 4.10. The smallest absolute Gasteiger partial charge is 0.356 e. The fourth-order valence-corrected chi connectivity index (χ4v) is 2.14. The van der Waals surface area contributed by atoms with Crippen molar-refractivity contribution in [1.29, 1.82) is 0 Å². The highest BCUT2D eigenvalue weighted by Crippen LogP contribution is 2.30. The topological polar surface area (TPSA) is 118 Å².